The molecule has 22 heavy (non-hydrogen) atoms. The summed E-state index contributed by atoms with van der Waals surface area (Å²) in [5.74, 6) is 0. The first-order valence-corrected chi connectivity index (χ1v) is 10.6. The van der Waals surface area contributed by atoms with Crippen molar-refractivity contribution in [1.29, 1.82) is 0 Å². The number of hydrogen-bond acceptors (Lipinski definition) is 4. The molecule has 0 saturated carbocycles. The molecule has 1 saturated heterocycles. The molecule has 0 bridgehead atoms. The Hall–Kier alpha value is -1.18. The van der Waals surface area contributed by atoms with Crippen molar-refractivity contribution in [2.24, 2.45) is 0 Å². The Balaban J connectivity index is 2.04. The number of hydrogen-bond donors (Lipinski definition) is 0. The van der Waals surface area contributed by atoms with E-state index in [1.54, 1.807) is 6.08 Å². The molecule has 5 nitrogen and oxygen atoms in total. The fourth-order valence-electron chi connectivity index (χ4n) is 2.44. The molecule has 1 heterocycles. The monoisotopic (exact) mass is 343 g/mol. The van der Waals surface area contributed by atoms with Crippen LogP contribution in [-0.4, -0.2) is 45.7 Å². The topological polar surface area (TPSA) is 71.5 Å². The molecule has 1 aliphatic rings. The van der Waals surface area contributed by atoms with Gasteiger partial charge in [-0.25, -0.2) is 16.8 Å². The quantitative estimate of drug-likeness (QED) is 0.836. The fraction of sp³-hybridized carbons (Fsp3) is 0.467. The van der Waals surface area contributed by atoms with Crippen molar-refractivity contribution in [2.45, 2.75) is 25.0 Å². The summed E-state index contributed by atoms with van der Waals surface area (Å²) in [6, 6.07) is 7.56. The van der Waals surface area contributed by atoms with Gasteiger partial charge < -0.3 is 0 Å². The zero-order valence-electron chi connectivity index (χ0n) is 12.8. The third-order valence-corrected chi connectivity index (χ3v) is 7.12. The van der Waals surface area contributed by atoms with E-state index < -0.39 is 25.1 Å². The molecule has 0 atom stereocenters. The molecule has 7 heteroatoms. The average molecular weight is 343 g/mol. The van der Waals surface area contributed by atoms with Gasteiger partial charge in [0.1, 0.15) is 9.84 Å². The Labute approximate surface area is 132 Å². The number of rotatable bonds is 4. The van der Waals surface area contributed by atoms with Crippen LogP contribution in [0.25, 0.3) is 6.08 Å². The molecule has 0 aliphatic carbocycles. The molecule has 122 valence electrons. The molecular formula is C15H21NO4S2. The summed E-state index contributed by atoms with van der Waals surface area (Å²) in [5, 5.41) is 0.762. The van der Waals surface area contributed by atoms with Crippen molar-refractivity contribution in [3.05, 3.63) is 40.8 Å². The lowest BCUT2D eigenvalue weighted by atomic mass is 10.2. The molecule has 0 amide bonds. The number of sulfone groups is 1. The van der Waals surface area contributed by atoms with E-state index >= 15 is 0 Å². The second kappa shape index (κ2) is 6.52. The van der Waals surface area contributed by atoms with Crippen LogP contribution in [0, 0.1) is 6.92 Å². The molecule has 0 radical (unpaired) electrons. The highest BCUT2D eigenvalue weighted by Crippen LogP contribution is 2.20. The summed E-state index contributed by atoms with van der Waals surface area (Å²) in [6.07, 6.45) is 3.49. The van der Waals surface area contributed by atoms with Crippen molar-refractivity contribution in [3.63, 3.8) is 0 Å². The van der Waals surface area contributed by atoms with Crippen molar-refractivity contribution in [3.8, 4) is 0 Å². The van der Waals surface area contributed by atoms with Crippen LogP contribution in [0.15, 0.2) is 29.7 Å². The van der Waals surface area contributed by atoms with E-state index in [4.69, 9.17) is 0 Å². The molecule has 0 spiro atoms. The molecule has 1 aliphatic heterocycles. The van der Waals surface area contributed by atoms with E-state index in [2.05, 4.69) is 0 Å². The number of piperidine rings is 1. The van der Waals surface area contributed by atoms with E-state index in [1.165, 1.54) is 16.0 Å². The highest BCUT2D eigenvalue weighted by atomic mass is 32.2. The molecule has 1 aromatic rings. The maximum Gasteiger partial charge on any atom is 0.236 e. The third-order valence-electron chi connectivity index (χ3n) is 3.88. The Morgan fingerprint density at radius 3 is 2.09 bits per heavy atom. The van der Waals surface area contributed by atoms with Gasteiger partial charge >= 0.3 is 0 Å². The van der Waals surface area contributed by atoms with Crippen molar-refractivity contribution in [1.82, 2.24) is 4.31 Å². The van der Waals surface area contributed by atoms with Crippen LogP contribution in [-0.2, 0) is 19.9 Å². The highest BCUT2D eigenvalue weighted by Gasteiger charge is 2.30. The Kier molecular flexibility index (Phi) is 5.09. The van der Waals surface area contributed by atoms with Crippen LogP contribution in [0.1, 0.15) is 24.0 Å². The Bertz CT molecular complexity index is 741. The average Bonchev–Trinajstić information content (AvgIpc) is 2.46. The van der Waals surface area contributed by atoms with Gasteiger partial charge in [-0.3, -0.25) is 0 Å². The summed E-state index contributed by atoms with van der Waals surface area (Å²) in [7, 11) is -6.60. The van der Waals surface area contributed by atoms with Crippen molar-refractivity contribution >= 4 is 25.9 Å². The Morgan fingerprint density at radius 2 is 1.59 bits per heavy atom. The van der Waals surface area contributed by atoms with E-state index in [9.17, 15) is 16.8 Å². The molecule has 0 unspecified atom stereocenters. The minimum atomic E-state index is -3.50. The van der Waals surface area contributed by atoms with Gasteiger partial charge in [0, 0.05) is 24.8 Å². The van der Waals surface area contributed by atoms with E-state index in [0.717, 1.165) is 11.1 Å². The van der Waals surface area contributed by atoms with E-state index in [1.807, 2.05) is 31.2 Å². The number of sulfonamides is 1. The summed E-state index contributed by atoms with van der Waals surface area (Å²) in [5.41, 5.74) is 1.93. The zero-order chi connectivity index (χ0) is 16.4. The van der Waals surface area contributed by atoms with Gasteiger partial charge in [0.2, 0.25) is 10.0 Å². The van der Waals surface area contributed by atoms with Gasteiger partial charge in [0.25, 0.3) is 0 Å². The first-order valence-electron chi connectivity index (χ1n) is 7.12. The maximum atomic E-state index is 12.3. The molecule has 1 fully saturated rings. The van der Waals surface area contributed by atoms with Gasteiger partial charge in [-0.2, -0.15) is 4.31 Å². The highest BCUT2D eigenvalue weighted by molar-refractivity contribution is 7.92. The largest absolute Gasteiger partial charge is 0.236 e. The SMILES string of the molecule is Cc1ccc(/C=C/S(=O)(=O)N2CCC(S(C)(=O)=O)CC2)cc1. The van der Waals surface area contributed by atoms with Crippen LogP contribution in [0.4, 0.5) is 0 Å². The number of nitrogens with zero attached hydrogens (tertiary/aromatic N) is 1. The molecular weight excluding hydrogens is 322 g/mol. The van der Waals surface area contributed by atoms with Gasteiger partial charge in [-0.05, 0) is 31.4 Å². The predicted molar refractivity (Wildman–Crippen MR) is 88.6 cm³/mol. The normalized spacial score (nSPS) is 18.8. The number of benzene rings is 1. The van der Waals surface area contributed by atoms with Crippen LogP contribution in [0.5, 0.6) is 0 Å². The minimum absolute atomic E-state index is 0.248. The smallest absolute Gasteiger partial charge is 0.229 e. The Morgan fingerprint density at radius 1 is 1.05 bits per heavy atom. The van der Waals surface area contributed by atoms with Gasteiger partial charge in [0.15, 0.2) is 0 Å². The molecule has 1 aromatic carbocycles. The second-order valence-corrected chi connectivity index (χ2v) is 9.83. The van der Waals surface area contributed by atoms with Gasteiger partial charge in [0.05, 0.1) is 5.25 Å². The van der Waals surface area contributed by atoms with Crippen LogP contribution < -0.4 is 0 Å². The summed E-state index contributed by atoms with van der Waals surface area (Å²) in [4.78, 5) is 0. The van der Waals surface area contributed by atoms with Gasteiger partial charge in [-0.15, -0.1) is 0 Å². The van der Waals surface area contributed by atoms with Crippen LogP contribution in [0.2, 0.25) is 0 Å². The minimum Gasteiger partial charge on any atom is -0.229 e. The maximum absolute atomic E-state index is 12.3. The second-order valence-electron chi connectivity index (χ2n) is 5.69. The first kappa shape index (κ1) is 17.2. The molecule has 2 rings (SSSR count). The lowest BCUT2D eigenvalue weighted by Gasteiger charge is -2.29. The van der Waals surface area contributed by atoms with Crippen molar-refractivity contribution in [2.75, 3.05) is 19.3 Å². The van der Waals surface area contributed by atoms with Gasteiger partial charge in [-0.1, -0.05) is 29.8 Å². The summed E-state index contributed by atoms with van der Waals surface area (Å²) in [6.45, 7) is 2.47. The first-order chi connectivity index (χ1) is 10.2. The van der Waals surface area contributed by atoms with Crippen molar-refractivity contribution < 1.29 is 16.8 Å². The lowest BCUT2D eigenvalue weighted by molar-refractivity contribution is 0.350. The predicted octanol–water partition coefficient (Wildman–Crippen LogP) is 1.80. The van der Waals surface area contributed by atoms with E-state index in [0.29, 0.717) is 12.8 Å². The fourth-order valence-corrected chi connectivity index (χ4v) is 4.73. The molecule has 0 N–H and O–H groups in total. The van der Waals surface area contributed by atoms with Crippen LogP contribution in [0.3, 0.4) is 0 Å². The third kappa shape index (κ3) is 4.41. The zero-order valence-corrected chi connectivity index (χ0v) is 14.4. The lowest BCUT2D eigenvalue weighted by Crippen LogP contribution is -2.41. The number of aryl methyl sites for hydroxylation is 1. The summed E-state index contributed by atoms with van der Waals surface area (Å²) < 4.78 is 48.9. The summed E-state index contributed by atoms with van der Waals surface area (Å²) >= 11 is 0. The van der Waals surface area contributed by atoms with Crippen LogP contribution >= 0.6 is 0 Å². The van der Waals surface area contributed by atoms with E-state index in [-0.39, 0.29) is 13.1 Å². The molecule has 0 aromatic heterocycles. The standard InChI is InChI=1S/C15H21NO4S2/c1-13-3-5-14(6-4-13)9-12-22(19,20)16-10-7-15(8-11-16)21(2,17)18/h3-6,9,12,15H,7-8,10-11H2,1-2H3/b12-9+.